The van der Waals surface area contributed by atoms with Crippen molar-refractivity contribution in [1.29, 1.82) is 0 Å². The Morgan fingerprint density at radius 1 is 1.15 bits per heavy atom. The maximum absolute atomic E-state index is 11.3. The molecule has 0 aromatic carbocycles. The fourth-order valence-electron chi connectivity index (χ4n) is 1.09. The molecular weight excluding hydrogens is 188 g/mol. The maximum atomic E-state index is 11.3. The van der Waals surface area contributed by atoms with Gasteiger partial charge < -0.3 is 4.98 Å². The van der Waals surface area contributed by atoms with Gasteiger partial charge in [0.2, 0.25) is 0 Å². The van der Waals surface area contributed by atoms with Gasteiger partial charge in [-0.3, -0.25) is 9.78 Å². The molecule has 0 spiro atoms. The highest BCUT2D eigenvalue weighted by Gasteiger charge is 2.07. The van der Waals surface area contributed by atoms with Crippen LogP contribution in [0.25, 0.3) is 0 Å². The van der Waals surface area contributed by atoms with E-state index >= 15 is 0 Å². The minimum absolute atomic E-state index is 0.300. The van der Waals surface area contributed by atoms with Gasteiger partial charge >= 0.3 is 5.69 Å². The average molecular weight is 196 g/mol. The van der Waals surface area contributed by atoms with E-state index in [1.54, 1.807) is 0 Å². The van der Waals surface area contributed by atoms with E-state index in [2.05, 4.69) is 9.97 Å². The standard InChI is InChI=1S/C8H8N2O2S/c11-7-6(5-9-8(12)10-7)13-3-1-2-4-13/h1-5,13H,(H2,9,10,11,12). The van der Waals surface area contributed by atoms with Gasteiger partial charge in [-0.1, -0.05) is 12.2 Å². The van der Waals surface area contributed by atoms with Gasteiger partial charge in [0, 0.05) is 6.20 Å². The SMILES string of the molecule is O=c1[nH]cc([SH]2C=CC=C2)c(=O)[nH]1. The summed E-state index contributed by atoms with van der Waals surface area (Å²) in [6.45, 7) is 0. The molecule has 1 aliphatic heterocycles. The lowest BCUT2D eigenvalue weighted by Gasteiger charge is -2.06. The first kappa shape index (κ1) is 8.12. The summed E-state index contributed by atoms with van der Waals surface area (Å²) < 4.78 is 0. The summed E-state index contributed by atoms with van der Waals surface area (Å²) in [6.07, 6.45) is 5.28. The Hall–Kier alpha value is -1.49. The molecule has 0 fully saturated rings. The summed E-state index contributed by atoms with van der Waals surface area (Å²) in [4.78, 5) is 27.3. The Morgan fingerprint density at radius 3 is 2.46 bits per heavy atom. The van der Waals surface area contributed by atoms with E-state index in [9.17, 15) is 9.59 Å². The quantitative estimate of drug-likeness (QED) is 0.571. The molecule has 0 radical (unpaired) electrons. The van der Waals surface area contributed by atoms with Crippen molar-refractivity contribution < 1.29 is 0 Å². The zero-order chi connectivity index (χ0) is 9.26. The van der Waals surface area contributed by atoms with Crippen LogP contribution in [-0.4, -0.2) is 9.97 Å². The number of aromatic amines is 2. The summed E-state index contributed by atoms with van der Waals surface area (Å²) >= 11 is 0. The fourth-order valence-corrected chi connectivity index (χ4v) is 2.58. The topological polar surface area (TPSA) is 65.7 Å². The van der Waals surface area contributed by atoms with Crippen molar-refractivity contribution in [3.05, 3.63) is 50.0 Å². The number of hydrogen-bond acceptors (Lipinski definition) is 2. The van der Waals surface area contributed by atoms with Crippen LogP contribution in [0.15, 0.2) is 43.6 Å². The summed E-state index contributed by atoms with van der Waals surface area (Å²) in [6, 6.07) is 0. The predicted molar refractivity (Wildman–Crippen MR) is 53.2 cm³/mol. The van der Waals surface area contributed by atoms with Gasteiger partial charge in [-0.15, -0.1) is 0 Å². The molecule has 1 aromatic rings. The number of rotatable bonds is 1. The van der Waals surface area contributed by atoms with Gasteiger partial charge in [0.25, 0.3) is 5.56 Å². The smallest absolute Gasteiger partial charge is 0.313 e. The zero-order valence-electron chi connectivity index (χ0n) is 6.65. The van der Waals surface area contributed by atoms with E-state index in [4.69, 9.17) is 0 Å². The number of nitrogens with one attached hydrogen (secondary N) is 2. The van der Waals surface area contributed by atoms with Crippen LogP contribution in [0.5, 0.6) is 0 Å². The van der Waals surface area contributed by atoms with Crippen molar-refractivity contribution >= 4 is 10.9 Å². The van der Waals surface area contributed by atoms with Gasteiger partial charge in [-0.05, 0) is 10.8 Å². The Morgan fingerprint density at radius 2 is 1.85 bits per heavy atom. The molecule has 4 nitrogen and oxygen atoms in total. The molecule has 0 saturated heterocycles. The molecule has 2 N–H and O–H groups in total. The van der Waals surface area contributed by atoms with Crippen LogP contribution < -0.4 is 11.2 Å². The number of hydrogen-bond donors (Lipinski definition) is 3. The second-order valence-corrected chi connectivity index (χ2v) is 4.44. The number of H-pyrrole nitrogens is 2. The Labute approximate surface area is 76.4 Å². The first-order valence-electron chi connectivity index (χ1n) is 3.73. The van der Waals surface area contributed by atoms with Gasteiger partial charge in [0.05, 0.1) is 4.90 Å². The number of allylic oxidation sites excluding steroid dienone is 2. The molecule has 2 rings (SSSR count). The van der Waals surface area contributed by atoms with Crippen LogP contribution in [0, 0.1) is 0 Å². The van der Waals surface area contributed by atoms with Gasteiger partial charge in [-0.25, -0.2) is 4.79 Å². The van der Waals surface area contributed by atoms with Crippen molar-refractivity contribution in [2.75, 3.05) is 0 Å². The van der Waals surface area contributed by atoms with Crippen LogP contribution in [-0.2, 0) is 0 Å². The zero-order valence-corrected chi connectivity index (χ0v) is 7.54. The summed E-state index contributed by atoms with van der Waals surface area (Å²) in [5, 5.41) is 3.91. The number of aromatic nitrogens is 2. The van der Waals surface area contributed by atoms with E-state index in [0.717, 1.165) is 0 Å². The van der Waals surface area contributed by atoms with Crippen molar-refractivity contribution in [1.82, 2.24) is 9.97 Å². The molecule has 0 amide bonds. The molecular formula is C8H8N2O2S. The molecule has 0 bridgehead atoms. The summed E-state index contributed by atoms with van der Waals surface area (Å²) in [5.74, 6) is 0. The fraction of sp³-hybridized carbons (Fsp3) is 0. The van der Waals surface area contributed by atoms with Crippen molar-refractivity contribution in [2.45, 2.75) is 4.90 Å². The Balaban J connectivity index is 2.52. The molecule has 0 aliphatic carbocycles. The Bertz CT molecular complexity index is 471. The minimum Gasteiger partial charge on any atom is -0.313 e. The first-order chi connectivity index (χ1) is 6.27. The summed E-state index contributed by atoms with van der Waals surface area (Å²) in [7, 11) is -0.648. The Kier molecular flexibility index (Phi) is 1.94. The predicted octanol–water partition coefficient (Wildman–Crippen LogP) is 0.464. The molecule has 0 atom stereocenters. The third kappa shape index (κ3) is 1.50. The molecule has 0 saturated carbocycles. The molecule has 5 heteroatoms. The summed E-state index contributed by atoms with van der Waals surface area (Å²) in [5.41, 5.74) is -0.762. The third-order valence-electron chi connectivity index (χ3n) is 1.68. The second-order valence-electron chi connectivity index (χ2n) is 2.55. The molecule has 13 heavy (non-hydrogen) atoms. The van der Waals surface area contributed by atoms with Crippen LogP contribution in [0.1, 0.15) is 0 Å². The van der Waals surface area contributed by atoms with Crippen LogP contribution in [0.4, 0.5) is 0 Å². The monoisotopic (exact) mass is 196 g/mol. The van der Waals surface area contributed by atoms with Crippen LogP contribution in [0.2, 0.25) is 0 Å². The van der Waals surface area contributed by atoms with Crippen molar-refractivity contribution in [3.63, 3.8) is 0 Å². The van der Waals surface area contributed by atoms with E-state index in [0.29, 0.717) is 4.90 Å². The molecule has 68 valence electrons. The van der Waals surface area contributed by atoms with Gasteiger partial charge in [0.1, 0.15) is 0 Å². The lowest BCUT2D eigenvalue weighted by molar-refractivity contribution is 0.977. The first-order valence-corrected chi connectivity index (χ1v) is 5.21. The van der Waals surface area contributed by atoms with Gasteiger partial charge in [0.15, 0.2) is 0 Å². The lowest BCUT2D eigenvalue weighted by atomic mass is 10.6. The average Bonchev–Trinajstić information content (AvgIpc) is 2.56. The lowest BCUT2D eigenvalue weighted by Crippen LogP contribution is -2.22. The normalized spacial score (nSPS) is 16.8. The third-order valence-corrected chi connectivity index (χ3v) is 3.56. The molecule has 0 unspecified atom stereocenters. The molecule has 1 aliphatic rings. The van der Waals surface area contributed by atoms with E-state index in [1.807, 2.05) is 23.0 Å². The van der Waals surface area contributed by atoms with Crippen LogP contribution in [0.3, 0.4) is 0 Å². The molecule has 1 aromatic heterocycles. The van der Waals surface area contributed by atoms with Crippen molar-refractivity contribution in [2.24, 2.45) is 0 Å². The largest absolute Gasteiger partial charge is 0.325 e. The molecule has 2 heterocycles. The van der Waals surface area contributed by atoms with E-state index < -0.39 is 16.6 Å². The maximum Gasteiger partial charge on any atom is 0.325 e. The highest BCUT2D eigenvalue weighted by atomic mass is 32.2. The van der Waals surface area contributed by atoms with Crippen molar-refractivity contribution in [3.8, 4) is 0 Å². The highest BCUT2D eigenvalue weighted by molar-refractivity contribution is 8.22. The highest BCUT2D eigenvalue weighted by Crippen LogP contribution is 2.38. The van der Waals surface area contributed by atoms with E-state index in [-0.39, 0.29) is 5.56 Å². The number of thiol groups is 1. The second kappa shape index (κ2) is 3.10. The van der Waals surface area contributed by atoms with E-state index in [1.165, 1.54) is 6.20 Å². The van der Waals surface area contributed by atoms with Gasteiger partial charge in [-0.2, -0.15) is 10.9 Å². The minimum atomic E-state index is -0.648. The van der Waals surface area contributed by atoms with Crippen LogP contribution >= 0.6 is 10.9 Å².